The van der Waals surface area contributed by atoms with Gasteiger partial charge in [-0.2, -0.15) is 0 Å². The van der Waals surface area contributed by atoms with Gasteiger partial charge >= 0.3 is 0 Å². The number of anilines is 1. The van der Waals surface area contributed by atoms with Gasteiger partial charge in [-0.05, 0) is 6.07 Å². The summed E-state index contributed by atoms with van der Waals surface area (Å²) in [4.78, 5) is 50.3. The van der Waals surface area contributed by atoms with Gasteiger partial charge < -0.3 is 4.90 Å². The predicted molar refractivity (Wildman–Crippen MR) is 104 cm³/mol. The van der Waals surface area contributed by atoms with Crippen LogP contribution >= 0.6 is 11.3 Å². The molecule has 11 heteroatoms. The molecule has 1 aliphatic rings. The van der Waals surface area contributed by atoms with E-state index in [9.17, 15) is 19.7 Å². The number of hydrogen-bond donors (Lipinski definition) is 1. The van der Waals surface area contributed by atoms with Gasteiger partial charge in [-0.25, -0.2) is 9.97 Å². The van der Waals surface area contributed by atoms with Crippen molar-refractivity contribution in [2.45, 2.75) is 13.0 Å². The summed E-state index contributed by atoms with van der Waals surface area (Å²) in [5, 5.41) is 14.3. The van der Waals surface area contributed by atoms with Gasteiger partial charge in [0.15, 0.2) is 5.13 Å². The molecule has 4 rings (SSSR count). The lowest BCUT2D eigenvalue weighted by Gasteiger charge is -2.26. The van der Waals surface area contributed by atoms with Gasteiger partial charge in [-0.3, -0.25) is 30.0 Å². The zero-order chi connectivity index (χ0) is 20.4. The van der Waals surface area contributed by atoms with Crippen LogP contribution in [0.25, 0.3) is 0 Å². The van der Waals surface area contributed by atoms with Crippen LogP contribution in [0.1, 0.15) is 31.4 Å². The van der Waals surface area contributed by atoms with Crippen LogP contribution in [0.2, 0.25) is 0 Å². The number of hydrogen-bond acceptors (Lipinski definition) is 8. The predicted octanol–water partition coefficient (Wildman–Crippen LogP) is 2.29. The molecule has 0 atom stereocenters. The second-order valence-corrected chi connectivity index (χ2v) is 7.27. The molecule has 0 spiro atoms. The number of benzene rings is 1. The molecule has 3 heterocycles. The van der Waals surface area contributed by atoms with Gasteiger partial charge in [0.25, 0.3) is 17.5 Å². The topological polar surface area (TPSA) is 131 Å². The van der Waals surface area contributed by atoms with Crippen LogP contribution < -0.4 is 5.32 Å². The zero-order valence-corrected chi connectivity index (χ0v) is 15.8. The Morgan fingerprint density at radius 2 is 2.07 bits per heavy atom. The number of nitro benzene ring substituents is 1. The molecule has 29 heavy (non-hydrogen) atoms. The maximum atomic E-state index is 12.8. The SMILES string of the molecule is O=C(Nc1nc2c(s1)CN(C(=O)c1ccccc1[N+](=O)[O-])CC2)c1cnccn1. The van der Waals surface area contributed by atoms with Crippen LogP contribution in [0.3, 0.4) is 0 Å². The minimum Gasteiger partial charge on any atom is -0.333 e. The molecule has 0 unspecified atom stereocenters. The monoisotopic (exact) mass is 410 g/mol. The van der Waals surface area contributed by atoms with Crippen LogP contribution in [0, 0.1) is 10.1 Å². The van der Waals surface area contributed by atoms with Gasteiger partial charge in [0, 0.05) is 36.3 Å². The van der Waals surface area contributed by atoms with Crippen molar-refractivity contribution in [3.05, 3.63) is 74.8 Å². The van der Waals surface area contributed by atoms with Crippen LogP contribution in [-0.4, -0.2) is 43.1 Å². The van der Waals surface area contributed by atoms with Crippen LogP contribution in [-0.2, 0) is 13.0 Å². The van der Waals surface area contributed by atoms with Crippen molar-refractivity contribution in [1.29, 1.82) is 0 Å². The molecule has 1 N–H and O–H groups in total. The molecule has 1 aliphatic heterocycles. The molecule has 0 saturated heterocycles. The number of nitro groups is 1. The first kappa shape index (κ1) is 18.6. The number of carbonyl (C=O) groups excluding carboxylic acids is 2. The molecule has 2 amide bonds. The molecule has 3 aromatic rings. The summed E-state index contributed by atoms with van der Waals surface area (Å²) in [5.41, 5.74) is 0.816. The zero-order valence-electron chi connectivity index (χ0n) is 14.9. The maximum Gasteiger partial charge on any atom is 0.282 e. The number of para-hydroxylation sites is 1. The molecule has 0 bridgehead atoms. The standard InChI is InChI=1S/C18H14N6O4S/c25-16(13-9-19-6-7-20-13)22-18-21-12-5-8-23(10-15(12)29-18)17(26)11-3-1-2-4-14(11)24(27)28/h1-4,6-7,9H,5,8,10H2,(H,21,22,25). The quantitative estimate of drug-likeness (QED) is 0.515. The number of fused-ring (bicyclic) bond motifs is 1. The fourth-order valence-electron chi connectivity index (χ4n) is 2.98. The Balaban J connectivity index is 1.50. The van der Waals surface area contributed by atoms with E-state index in [-0.39, 0.29) is 23.5 Å². The van der Waals surface area contributed by atoms with Gasteiger partial charge in [0.1, 0.15) is 11.3 Å². The minimum absolute atomic E-state index is 0.0571. The molecular weight excluding hydrogens is 396 g/mol. The third-order valence-electron chi connectivity index (χ3n) is 4.37. The number of rotatable bonds is 4. The average molecular weight is 410 g/mol. The lowest BCUT2D eigenvalue weighted by atomic mass is 10.1. The Labute approximate surface area is 168 Å². The van der Waals surface area contributed by atoms with E-state index >= 15 is 0 Å². The molecule has 0 fully saturated rings. The van der Waals surface area contributed by atoms with E-state index < -0.39 is 16.7 Å². The van der Waals surface area contributed by atoms with Gasteiger partial charge in [0.2, 0.25) is 0 Å². The molecule has 146 valence electrons. The molecule has 2 aromatic heterocycles. The van der Waals surface area contributed by atoms with Crippen molar-refractivity contribution in [2.24, 2.45) is 0 Å². The van der Waals surface area contributed by atoms with Gasteiger partial charge in [-0.1, -0.05) is 23.5 Å². The Hall–Kier alpha value is -3.73. The van der Waals surface area contributed by atoms with Crippen molar-refractivity contribution in [3.63, 3.8) is 0 Å². The van der Waals surface area contributed by atoms with E-state index in [1.54, 1.807) is 11.0 Å². The second kappa shape index (κ2) is 7.72. The van der Waals surface area contributed by atoms with Gasteiger partial charge in [-0.15, -0.1) is 0 Å². The average Bonchev–Trinajstić information content (AvgIpc) is 3.15. The summed E-state index contributed by atoms with van der Waals surface area (Å²) >= 11 is 1.27. The number of nitrogens with zero attached hydrogens (tertiary/aromatic N) is 5. The van der Waals surface area contributed by atoms with Crippen molar-refractivity contribution >= 4 is 34.0 Å². The molecule has 0 radical (unpaired) electrons. The second-order valence-electron chi connectivity index (χ2n) is 6.18. The molecule has 1 aromatic carbocycles. The van der Waals surface area contributed by atoms with E-state index in [2.05, 4.69) is 20.3 Å². The van der Waals surface area contributed by atoms with Crippen LogP contribution in [0.4, 0.5) is 10.8 Å². The van der Waals surface area contributed by atoms with Crippen molar-refractivity contribution in [1.82, 2.24) is 19.9 Å². The maximum absolute atomic E-state index is 12.8. The van der Waals surface area contributed by atoms with Crippen LogP contribution in [0.15, 0.2) is 42.9 Å². The summed E-state index contributed by atoms with van der Waals surface area (Å²) < 4.78 is 0. The van der Waals surface area contributed by atoms with Crippen LogP contribution in [0.5, 0.6) is 0 Å². The van der Waals surface area contributed by atoms with Crippen molar-refractivity contribution in [2.75, 3.05) is 11.9 Å². The van der Waals surface area contributed by atoms with Gasteiger partial charge in [0.05, 0.1) is 23.4 Å². The Bertz CT molecular complexity index is 1100. The Kier molecular flexibility index (Phi) is 4.96. The van der Waals surface area contributed by atoms with E-state index in [0.29, 0.717) is 18.1 Å². The molecule has 0 saturated carbocycles. The summed E-state index contributed by atoms with van der Waals surface area (Å²) in [6.45, 7) is 0.665. The molecular formula is C18H14N6O4S. The molecule has 0 aliphatic carbocycles. The normalized spacial score (nSPS) is 12.9. The number of aromatic nitrogens is 3. The first-order chi connectivity index (χ1) is 14.0. The minimum atomic E-state index is -0.560. The lowest BCUT2D eigenvalue weighted by molar-refractivity contribution is -0.385. The fourth-order valence-corrected chi connectivity index (χ4v) is 4.00. The smallest absolute Gasteiger partial charge is 0.282 e. The van der Waals surface area contributed by atoms with E-state index in [0.717, 1.165) is 10.6 Å². The number of nitrogens with one attached hydrogen (secondary N) is 1. The number of thiazole rings is 1. The third-order valence-corrected chi connectivity index (χ3v) is 5.36. The van der Waals surface area contributed by atoms with E-state index in [4.69, 9.17) is 0 Å². The highest BCUT2D eigenvalue weighted by Crippen LogP contribution is 2.30. The van der Waals surface area contributed by atoms with E-state index in [1.165, 1.54) is 48.1 Å². The third kappa shape index (κ3) is 3.80. The summed E-state index contributed by atoms with van der Waals surface area (Å²) in [5.74, 6) is -0.821. The fraction of sp³-hybridized carbons (Fsp3) is 0.167. The molecule has 10 nitrogen and oxygen atoms in total. The Morgan fingerprint density at radius 3 is 2.83 bits per heavy atom. The summed E-state index contributed by atoms with van der Waals surface area (Å²) in [7, 11) is 0. The largest absolute Gasteiger partial charge is 0.333 e. The highest BCUT2D eigenvalue weighted by molar-refractivity contribution is 7.15. The summed E-state index contributed by atoms with van der Waals surface area (Å²) in [6.07, 6.45) is 4.75. The highest BCUT2D eigenvalue weighted by Gasteiger charge is 2.29. The number of carbonyl (C=O) groups is 2. The van der Waals surface area contributed by atoms with Crippen molar-refractivity contribution < 1.29 is 14.5 Å². The summed E-state index contributed by atoms with van der Waals surface area (Å²) in [6, 6.07) is 5.89. The van der Waals surface area contributed by atoms with E-state index in [1.807, 2.05) is 0 Å². The lowest BCUT2D eigenvalue weighted by Crippen LogP contribution is -2.35. The van der Waals surface area contributed by atoms with Crippen molar-refractivity contribution in [3.8, 4) is 0 Å². The highest BCUT2D eigenvalue weighted by atomic mass is 32.1. The number of amides is 2. The first-order valence-corrected chi connectivity index (χ1v) is 9.43. The Morgan fingerprint density at radius 1 is 1.24 bits per heavy atom. The first-order valence-electron chi connectivity index (χ1n) is 8.61.